The van der Waals surface area contributed by atoms with Crippen molar-refractivity contribution >= 4 is 23.4 Å². The molecule has 3 heterocycles. The van der Waals surface area contributed by atoms with Crippen molar-refractivity contribution in [2.75, 3.05) is 29.5 Å². The van der Waals surface area contributed by atoms with Crippen molar-refractivity contribution < 1.29 is 0 Å². The molecule has 0 saturated carbocycles. The Kier molecular flexibility index (Phi) is 5.63. The zero-order valence-corrected chi connectivity index (χ0v) is 17.6. The van der Waals surface area contributed by atoms with Crippen LogP contribution in [0.4, 0.5) is 23.4 Å². The molecule has 2 aromatic carbocycles. The zero-order valence-electron chi connectivity index (χ0n) is 17.6. The van der Waals surface area contributed by atoms with E-state index in [0.717, 1.165) is 37.6 Å². The lowest BCUT2D eigenvalue weighted by Gasteiger charge is -2.17. The van der Waals surface area contributed by atoms with Gasteiger partial charge in [-0.05, 0) is 24.1 Å². The van der Waals surface area contributed by atoms with Crippen molar-refractivity contribution in [3.63, 3.8) is 0 Å². The number of likely N-dealkylation sites (tertiary alicyclic amines) is 1. The van der Waals surface area contributed by atoms with Crippen LogP contribution < -0.4 is 16.4 Å². The van der Waals surface area contributed by atoms with E-state index in [1.165, 1.54) is 16.6 Å². The monoisotopic (exact) mass is 427 g/mol. The summed E-state index contributed by atoms with van der Waals surface area (Å²) in [7, 11) is 0. The summed E-state index contributed by atoms with van der Waals surface area (Å²) in [5.41, 5.74) is 8.31. The Balaban J connectivity index is 1.24. The highest BCUT2D eigenvalue weighted by molar-refractivity contribution is 5.54. The Hall–Kier alpha value is -3.98. The van der Waals surface area contributed by atoms with E-state index in [0.29, 0.717) is 17.8 Å². The van der Waals surface area contributed by atoms with Gasteiger partial charge in [-0.3, -0.25) is 4.90 Å². The highest BCUT2D eigenvalue weighted by atomic mass is 15.4. The van der Waals surface area contributed by atoms with Gasteiger partial charge in [-0.25, -0.2) is 9.97 Å². The van der Waals surface area contributed by atoms with Gasteiger partial charge in [0.2, 0.25) is 11.9 Å². The van der Waals surface area contributed by atoms with Gasteiger partial charge in [-0.2, -0.15) is 9.67 Å². The number of hydrogen-bond acceptors (Lipinski definition) is 8. The third-order valence-electron chi connectivity index (χ3n) is 5.41. The molecule has 1 aliphatic heterocycles. The number of para-hydroxylation sites is 1. The maximum atomic E-state index is 6.09. The lowest BCUT2D eigenvalue weighted by atomic mass is 10.2. The smallest absolute Gasteiger partial charge is 0.248 e. The van der Waals surface area contributed by atoms with E-state index in [4.69, 9.17) is 5.73 Å². The van der Waals surface area contributed by atoms with Gasteiger partial charge < -0.3 is 16.4 Å². The minimum atomic E-state index is 0.253. The van der Waals surface area contributed by atoms with E-state index in [1.807, 2.05) is 42.5 Å². The number of nitrogen functional groups attached to an aromatic ring is 1. The van der Waals surface area contributed by atoms with Crippen LogP contribution in [0.2, 0.25) is 0 Å². The number of hydrogen-bond donors (Lipinski definition) is 3. The fraction of sp³-hybridized carbons (Fsp3) is 0.217. The van der Waals surface area contributed by atoms with E-state index in [1.54, 1.807) is 0 Å². The fourth-order valence-corrected chi connectivity index (χ4v) is 3.88. The number of nitrogens with two attached hydrogens (primary N) is 1. The highest BCUT2D eigenvalue weighted by Crippen LogP contribution is 2.20. The topological polar surface area (TPSA) is 110 Å². The van der Waals surface area contributed by atoms with Crippen LogP contribution in [-0.4, -0.2) is 48.8 Å². The Labute approximate surface area is 186 Å². The van der Waals surface area contributed by atoms with Crippen molar-refractivity contribution in [3.05, 3.63) is 78.6 Å². The Bertz CT molecular complexity index is 1160. The quantitative estimate of drug-likeness (QED) is 0.413. The number of nitrogens with zero attached hydrogens (tertiary/aromatic N) is 6. The number of anilines is 4. The number of benzene rings is 2. The molecule has 2 aromatic heterocycles. The van der Waals surface area contributed by atoms with E-state index in [9.17, 15) is 0 Å². The maximum Gasteiger partial charge on any atom is 0.248 e. The molecule has 1 atom stereocenters. The standard InChI is InChI=1S/C23H25N9/c24-22-29-23(28-18-9-5-2-6-10-18)30-32(22)21-13-20(25-16-26-21)27-19-11-12-31(15-19)14-17-7-3-1-4-8-17/h1-10,13,16,19H,11-12,14-15H2,(H,25,26,27)(H3,24,28,29,30)/t19-/m1/s1. The van der Waals surface area contributed by atoms with Crippen molar-refractivity contribution in [1.82, 2.24) is 29.6 Å². The predicted molar refractivity (Wildman–Crippen MR) is 125 cm³/mol. The lowest BCUT2D eigenvalue weighted by molar-refractivity contribution is 0.328. The lowest BCUT2D eigenvalue weighted by Crippen LogP contribution is -2.26. The minimum absolute atomic E-state index is 0.253. The van der Waals surface area contributed by atoms with Gasteiger partial charge in [0.1, 0.15) is 12.1 Å². The van der Waals surface area contributed by atoms with Gasteiger partial charge in [0.15, 0.2) is 5.82 Å². The summed E-state index contributed by atoms with van der Waals surface area (Å²) in [6.45, 7) is 2.97. The number of rotatable bonds is 7. The largest absolute Gasteiger partial charge is 0.368 e. The van der Waals surface area contributed by atoms with Crippen molar-refractivity contribution in [3.8, 4) is 5.82 Å². The molecule has 0 spiro atoms. The molecule has 0 bridgehead atoms. The second kappa shape index (κ2) is 9.03. The highest BCUT2D eigenvalue weighted by Gasteiger charge is 2.23. The second-order valence-electron chi connectivity index (χ2n) is 7.81. The Morgan fingerprint density at radius 1 is 1.00 bits per heavy atom. The van der Waals surface area contributed by atoms with E-state index >= 15 is 0 Å². The normalized spacial score (nSPS) is 16.2. The summed E-state index contributed by atoms with van der Waals surface area (Å²) in [6.07, 6.45) is 2.57. The summed E-state index contributed by atoms with van der Waals surface area (Å²) < 4.78 is 1.51. The van der Waals surface area contributed by atoms with Crippen molar-refractivity contribution in [1.29, 1.82) is 0 Å². The summed E-state index contributed by atoms with van der Waals surface area (Å²) in [5.74, 6) is 1.97. The molecule has 0 amide bonds. The third kappa shape index (κ3) is 4.68. The molecule has 9 nitrogen and oxygen atoms in total. The molecule has 1 fully saturated rings. The fourth-order valence-electron chi connectivity index (χ4n) is 3.88. The summed E-state index contributed by atoms with van der Waals surface area (Å²) in [6, 6.07) is 22.4. The van der Waals surface area contributed by atoms with Gasteiger partial charge in [-0.1, -0.05) is 48.5 Å². The van der Waals surface area contributed by atoms with Gasteiger partial charge in [-0.15, -0.1) is 5.10 Å². The first-order valence-corrected chi connectivity index (χ1v) is 10.6. The van der Waals surface area contributed by atoms with Crippen LogP contribution in [0, 0.1) is 0 Å². The second-order valence-corrected chi connectivity index (χ2v) is 7.81. The zero-order chi connectivity index (χ0) is 21.8. The number of aromatic nitrogens is 5. The molecule has 162 valence electrons. The number of nitrogens with one attached hydrogen (secondary N) is 2. The molecule has 0 radical (unpaired) electrons. The Morgan fingerprint density at radius 3 is 2.59 bits per heavy atom. The third-order valence-corrected chi connectivity index (χ3v) is 5.41. The van der Waals surface area contributed by atoms with Gasteiger partial charge >= 0.3 is 0 Å². The molecule has 4 N–H and O–H groups in total. The van der Waals surface area contributed by atoms with E-state index in [2.05, 4.69) is 59.8 Å². The van der Waals surface area contributed by atoms with Gasteiger partial charge in [0, 0.05) is 37.4 Å². The average molecular weight is 428 g/mol. The summed E-state index contributed by atoms with van der Waals surface area (Å²) >= 11 is 0. The average Bonchev–Trinajstić information content (AvgIpc) is 3.41. The van der Waals surface area contributed by atoms with Crippen LogP contribution >= 0.6 is 0 Å². The molecular weight excluding hydrogens is 402 g/mol. The molecular formula is C23H25N9. The molecule has 9 heteroatoms. The van der Waals surface area contributed by atoms with Crippen LogP contribution in [0.5, 0.6) is 0 Å². The Morgan fingerprint density at radius 2 is 1.78 bits per heavy atom. The van der Waals surface area contributed by atoms with Crippen LogP contribution in [0.1, 0.15) is 12.0 Å². The molecule has 5 rings (SSSR count). The molecule has 1 aliphatic rings. The summed E-state index contributed by atoms with van der Waals surface area (Å²) in [4.78, 5) is 15.5. The van der Waals surface area contributed by atoms with E-state index in [-0.39, 0.29) is 5.95 Å². The van der Waals surface area contributed by atoms with Gasteiger partial charge in [0.25, 0.3) is 0 Å². The first-order valence-electron chi connectivity index (χ1n) is 10.6. The maximum absolute atomic E-state index is 6.09. The van der Waals surface area contributed by atoms with E-state index < -0.39 is 0 Å². The molecule has 0 unspecified atom stereocenters. The van der Waals surface area contributed by atoms with Crippen LogP contribution in [-0.2, 0) is 6.54 Å². The van der Waals surface area contributed by atoms with Gasteiger partial charge in [0.05, 0.1) is 0 Å². The van der Waals surface area contributed by atoms with Crippen molar-refractivity contribution in [2.45, 2.75) is 19.0 Å². The molecule has 4 aromatic rings. The minimum Gasteiger partial charge on any atom is -0.368 e. The first-order chi connectivity index (χ1) is 15.7. The van der Waals surface area contributed by atoms with Crippen LogP contribution in [0.25, 0.3) is 5.82 Å². The summed E-state index contributed by atoms with van der Waals surface area (Å²) in [5, 5.41) is 11.1. The van der Waals surface area contributed by atoms with Crippen molar-refractivity contribution in [2.24, 2.45) is 0 Å². The van der Waals surface area contributed by atoms with Crippen LogP contribution in [0.3, 0.4) is 0 Å². The molecule has 1 saturated heterocycles. The van der Waals surface area contributed by atoms with Crippen LogP contribution in [0.15, 0.2) is 73.1 Å². The molecule has 0 aliphatic carbocycles. The molecule has 32 heavy (non-hydrogen) atoms. The SMILES string of the molecule is Nc1nc(Nc2ccccc2)nn1-c1cc(N[C@@H]2CCN(Cc3ccccc3)C2)ncn1. The first kappa shape index (κ1) is 20.0. The predicted octanol–water partition coefficient (Wildman–Crippen LogP) is 3.07.